The number of anilines is 1. The predicted octanol–water partition coefficient (Wildman–Crippen LogP) is 2.00. The second-order valence-electron chi connectivity index (χ2n) is 4.94. The third-order valence-electron chi connectivity index (χ3n) is 3.39. The topological polar surface area (TPSA) is 90.9 Å². The lowest BCUT2D eigenvalue weighted by Crippen LogP contribution is -2.15. The van der Waals surface area contributed by atoms with Crippen LogP contribution in [0.4, 0.5) is 5.95 Å². The highest BCUT2D eigenvalue weighted by Crippen LogP contribution is 2.50. The van der Waals surface area contributed by atoms with E-state index in [1.165, 1.54) is 22.2 Å². The van der Waals surface area contributed by atoms with Gasteiger partial charge in [-0.1, -0.05) is 11.8 Å². The molecular weight excluding hydrogens is 308 g/mol. The summed E-state index contributed by atoms with van der Waals surface area (Å²) >= 11 is 3.06. The summed E-state index contributed by atoms with van der Waals surface area (Å²) in [5, 5.41) is 20.8. The number of aliphatic hydroxyl groups excluding tert-OH is 1. The van der Waals surface area contributed by atoms with E-state index in [1.807, 2.05) is 0 Å². The van der Waals surface area contributed by atoms with E-state index >= 15 is 0 Å². The molecule has 0 spiro atoms. The molecule has 8 heteroatoms. The summed E-state index contributed by atoms with van der Waals surface area (Å²) in [7, 11) is 0. The van der Waals surface area contributed by atoms with Crippen LogP contribution in [0.15, 0.2) is 16.6 Å². The second-order valence-corrected chi connectivity index (χ2v) is 6.95. The standard InChI is InChI=1S/C13H16N4O2S2/c1-7-2-4-20-10(7)8-6-9(8)11(19)14-12-15-13(17-16-12)21-5-3-18/h2,4,8-9,18H,3,5-6H2,1H3,(H2,14,15,16,17,19)/t8-,9-/m1/s1. The molecule has 6 nitrogen and oxygen atoms in total. The van der Waals surface area contributed by atoms with Crippen molar-refractivity contribution in [1.29, 1.82) is 0 Å². The van der Waals surface area contributed by atoms with Crippen LogP contribution < -0.4 is 5.32 Å². The molecule has 0 unspecified atom stereocenters. The third kappa shape index (κ3) is 3.28. The van der Waals surface area contributed by atoms with Gasteiger partial charge in [-0.05, 0) is 30.4 Å². The number of hydrogen-bond donors (Lipinski definition) is 3. The molecule has 3 N–H and O–H groups in total. The van der Waals surface area contributed by atoms with Gasteiger partial charge in [0.15, 0.2) is 0 Å². The zero-order valence-corrected chi connectivity index (χ0v) is 13.1. The minimum atomic E-state index is -0.0114. The number of aromatic nitrogens is 3. The molecule has 1 aliphatic carbocycles. The molecule has 0 saturated heterocycles. The number of aliphatic hydroxyl groups is 1. The first-order chi connectivity index (χ1) is 10.2. The molecule has 3 rings (SSSR count). The molecule has 0 aliphatic heterocycles. The molecule has 2 atom stereocenters. The molecule has 2 aromatic heterocycles. The van der Waals surface area contributed by atoms with Gasteiger partial charge in [-0.3, -0.25) is 10.1 Å². The van der Waals surface area contributed by atoms with E-state index in [0.29, 0.717) is 22.8 Å². The Bertz CT molecular complexity index is 640. The van der Waals surface area contributed by atoms with Crippen LogP contribution in [-0.2, 0) is 4.79 Å². The van der Waals surface area contributed by atoms with Crippen molar-refractivity contribution in [2.45, 2.75) is 24.4 Å². The molecule has 1 saturated carbocycles. The summed E-state index contributed by atoms with van der Waals surface area (Å²) in [5.41, 5.74) is 1.27. The van der Waals surface area contributed by atoms with Crippen LogP contribution in [0.5, 0.6) is 0 Å². The van der Waals surface area contributed by atoms with Gasteiger partial charge in [0.25, 0.3) is 0 Å². The SMILES string of the molecule is Cc1ccsc1[C@@H]1C[C@H]1C(=O)Nc1nc(SCCO)n[nH]1. The Labute approximate surface area is 130 Å². The third-order valence-corrected chi connectivity index (χ3v) is 5.37. The number of H-pyrrole nitrogens is 1. The summed E-state index contributed by atoms with van der Waals surface area (Å²) in [6.45, 7) is 2.16. The Kier molecular flexibility index (Phi) is 4.27. The first kappa shape index (κ1) is 14.6. The molecule has 0 bridgehead atoms. The summed E-state index contributed by atoms with van der Waals surface area (Å²) < 4.78 is 0. The van der Waals surface area contributed by atoms with E-state index in [9.17, 15) is 4.79 Å². The van der Waals surface area contributed by atoms with Crippen molar-refractivity contribution in [3.05, 3.63) is 21.9 Å². The number of thioether (sulfide) groups is 1. The summed E-state index contributed by atoms with van der Waals surface area (Å²) in [6.07, 6.45) is 0.896. The maximum absolute atomic E-state index is 12.2. The van der Waals surface area contributed by atoms with Gasteiger partial charge in [0, 0.05) is 22.5 Å². The number of thiophene rings is 1. The van der Waals surface area contributed by atoms with Crippen LogP contribution in [0.25, 0.3) is 0 Å². The van der Waals surface area contributed by atoms with Crippen molar-refractivity contribution in [3.63, 3.8) is 0 Å². The van der Waals surface area contributed by atoms with Crippen LogP contribution in [0, 0.1) is 12.8 Å². The van der Waals surface area contributed by atoms with Crippen molar-refractivity contribution < 1.29 is 9.90 Å². The zero-order chi connectivity index (χ0) is 14.8. The minimum Gasteiger partial charge on any atom is -0.396 e. The Morgan fingerprint density at radius 3 is 3.24 bits per heavy atom. The highest BCUT2D eigenvalue weighted by atomic mass is 32.2. The lowest BCUT2D eigenvalue weighted by atomic mass is 10.2. The van der Waals surface area contributed by atoms with Gasteiger partial charge >= 0.3 is 0 Å². The van der Waals surface area contributed by atoms with Gasteiger partial charge in [-0.25, -0.2) is 5.10 Å². The van der Waals surface area contributed by atoms with Crippen molar-refractivity contribution in [2.24, 2.45) is 5.92 Å². The van der Waals surface area contributed by atoms with E-state index in [2.05, 4.69) is 38.9 Å². The Morgan fingerprint density at radius 2 is 2.52 bits per heavy atom. The van der Waals surface area contributed by atoms with Gasteiger partial charge in [0.05, 0.1) is 6.61 Å². The quantitative estimate of drug-likeness (QED) is 0.707. The number of rotatable bonds is 6. The van der Waals surface area contributed by atoms with Gasteiger partial charge in [-0.15, -0.1) is 16.4 Å². The molecule has 1 amide bonds. The first-order valence-corrected chi connectivity index (χ1v) is 8.56. The average molecular weight is 324 g/mol. The first-order valence-electron chi connectivity index (χ1n) is 6.70. The molecule has 2 heterocycles. The molecule has 1 aliphatic rings. The molecule has 0 radical (unpaired) electrons. The van der Waals surface area contributed by atoms with Crippen LogP contribution in [0.3, 0.4) is 0 Å². The van der Waals surface area contributed by atoms with Crippen LogP contribution in [-0.4, -0.2) is 38.6 Å². The summed E-state index contributed by atoms with van der Waals surface area (Å²) in [4.78, 5) is 17.6. The lowest BCUT2D eigenvalue weighted by Gasteiger charge is -2.00. The number of hydrogen-bond acceptors (Lipinski definition) is 6. The summed E-state index contributed by atoms with van der Waals surface area (Å²) in [6, 6.07) is 2.09. The van der Waals surface area contributed by atoms with Crippen molar-refractivity contribution in [2.75, 3.05) is 17.7 Å². The van der Waals surface area contributed by atoms with E-state index in [-0.39, 0.29) is 18.4 Å². The number of aryl methyl sites for hydroxylation is 1. The van der Waals surface area contributed by atoms with Crippen LogP contribution in [0.1, 0.15) is 22.8 Å². The fourth-order valence-electron chi connectivity index (χ4n) is 2.25. The number of amides is 1. The average Bonchev–Trinajstić information content (AvgIpc) is 2.95. The largest absolute Gasteiger partial charge is 0.396 e. The van der Waals surface area contributed by atoms with Crippen molar-refractivity contribution >= 4 is 35.0 Å². The highest BCUT2D eigenvalue weighted by molar-refractivity contribution is 7.99. The number of carbonyl (C=O) groups is 1. The van der Waals surface area contributed by atoms with Gasteiger partial charge < -0.3 is 5.11 Å². The smallest absolute Gasteiger partial charge is 0.230 e. The Balaban J connectivity index is 1.56. The fraction of sp³-hybridized carbons (Fsp3) is 0.462. The van der Waals surface area contributed by atoms with Gasteiger partial charge in [0.1, 0.15) is 0 Å². The maximum atomic E-state index is 12.2. The van der Waals surface area contributed by atoms with Gasteiger partial charge in [-0.2, -0.15) is 4.98 Å². The molecule has 2 aromatic rings. The second kappa shape index (κ2) is 6.17. The zero-order valence-electron chi connectivity index (χ0n) is 11.5. The molecule has 1 fully saturated rings. The van der Waals surface area contributed by atoms with Crippen LogP contribution in [0.2, 0.25) is 0 Å². The van der Waals surface area contributed by atoms with Crippen LogP contribution >= 0.6 is 23.1 Å². The van der Waals surface area contributed by atoms with E-state index in [1.54, 1.807) is 11.3 Å². The molecule has 21 heavy (non-hydrogen) atoms. The lowest BCUT2D eigenvalue weighted by molar-refractivity contribution is -0.117. The van der Waals surface area contributed by atoms with E-state index in [0.717, 1.165) is 6.42 Å². The number of nitrogens with one attached hydrogen (secondary N) is 2. The van der Waals surface area contributed by atoms with E-state index < -0.39 is 0 Å². The Hall–Kier alpha value is -1.38. The highest BCUT2D eigenvalue weighted by Gasteiger charge is 2.45. The summed E-state index contributed by atoms with van der Waals surface area (Å²) in [5.74, 6) is 1.27. The Morgan fingerprint density at radius 1 is 1.67 bits per heavy atom. The van der Waals surface area contributed by atoms with Gasteiger partial charge in [0.2, 0.25) is 17.0 Å². The van der Waals surface area contributed by atoms with E-state index in [4.69, 9.17) is 5.11 Å². The molecular formula is C13H16N4O2S2. The van der Waals surface area contributed by atoms with Crippen molar-refractivity contribution in [3.8, 4) is 0 Å². The minimum absolute atomic E-state index is 0.0114. The number of nitrogens with zero attached hydrogens (tertiary/aromatic N) is 2. The normalized spacial score (nSPS) is 20.5. The monoisotopic (exact) mass is 324 g/mol. The number of aromatic amines is 1. The maximum Gasteiger partial charge on any atom is 0.230 e. The predicted molar refractivity (Wildman–Crippen MR) is 82.7 cm³/mol. The molecule has 0 aromatic carbocycles. The number of carbonyl (C=O) groups excluding carboxylic acids is 1. The fourth-order valence-corrected chi connectivity index (χ4v) is 3.90. The van der Waals surface area contributed by atoms with Crippen molar-refractivity contribution in [1.82, 2.24) is 15.2 Å². The molecule has 112 valence electrons.